The Morgan fingerprint density at radius 1 is 0.319 bits per heavy atom. The molecule has 0 radical (unpaired) electrons. The van der Waals surface area contributed by atoms with E-state index in [-0.39, 0.29) is 0 Å². The molecule has 220 valence electrons. The molecule has 2 aromatic heterocycles. The molecule has 0 spiro atoms. The second-order valence-electron chi connectivity index (χ2n) is 11.6. The van der Waals surface area contributed by atoms with Crippen molar-refractivity contribution in [3.8, 4) is 56.4 Å². The van der Waals surface area contributed by atoms with Gasteiger partial charge in [0.05, 0.1) is 0 Å². The van der Waals surface area contributed by atoms with Gasteiger partial charge in [0.2, 0.25) is 0 Å². The van der Waals surface area contributed by atoms with Gasteiger partial charge in [0.1, 0.15) is 11.2 Å². The Morgan fingerprint density at radius 3 is 1.43 bits per heavy atom. The summed E-state index contributed by atoms with van der Waals surface area (Å²) < 4.78 is 6.43. The number of fused-ring (bicyclic) bond motifs is 4. The Balaban J connectivity index is 1.39. The lowest BCUT2D eigenvalue weighted by Gasteiger charge is -2.16. The highest BCUT2D eigenvalue weighted by atomic mass is 16.3. The number of para-hydroxylation sites is 1. The summed E-state index contributed by atoms with van der Waals surface area (Å²) in [7, 11) is 0. The third-order valence-electron chi connectivity index (χ3n) is 8.77. The third kappa shape index (κ3) is 4.66. The molecule has 0 N–H and O–H groups in total. The number of aromatic nitrogens is 3. The Kier molecular flexibility index (Phi) is 6.43. The molecule has 0 fully saturated rings. The quantitative estimate of drug-likeness (QED) is 0.197. The van der Waals surface area contributed by atoms with Crippen LogP contribution in [0.25, 0.3) is 89.1 Å². The topological polar surface area (TPSA) is 51.8 Å². The van der Waals surface area contributed by atoms with Gasteiger partial charge in [0, 0.05) is 27.5 Å². The fourth-order valence-corrected chi connectivity index (χ4v) is 6.60. The first-order valence-corrected chi connectivity index (χ1v) is 15.7. The van der Waals surface area contributed by atoms with Gasteiger partial charge in [-0.25, -0.2) is 15.0 Å². The smallest absolute Gasteiger partial charge is 0.165 e. The summed E-state index contributed by atoms with van der Waals surface area (Å²) in [5.74, 6) is 1.84. The van der Waals surface area contributed by atoms with Gasteiger partial charge >= 0.3 is 0 Å². The maximum Gasteiger partial charge on any atom is 0.165 e. The molecule has 0 unspecified atom stereocenters. The van der Waals surface area contributed by atoms with Crippen LogP contribution < -0.4 is 0 Å². The molecule has 9 aromatic rings. The first-order chi connectivity index (χ1) is 23.3. The molecule has 0 saturated carbocycles. The minimum atomic E-state index is 0.598. The van der Waals surface area contributed by atoms with E-state index in [1.54, 1.807) is 0 Å². The van der Waals surface area contributed by atoms with Gasteiger partial charge in [-0.05, 0) is 51.2 Å². The Labute approximate surface area is 271 Å². The van der Waals surface area contributed by atoms with Crippen LogP contribution in [0.5, 0.6) is 0 Å². The first kappa shape index (κ1) is 27.0. The van der Waals surface area contributed by atoms with Gasteiger partial charge in [-0.1, -0.05) is 146 Å². The number of rotatable bonds is 5. The van der Waals surface area contributed by atoms with E-state index in [4.69, 9.17) is 19.4 Å². The number of hydrogen-bond donors (Lipinski definition) is 0. The van der Waals surface area contributed by atoms with Crippen molar-refractivity contribution in [2.45, 2.75) is 0 Å². The van der Waals surface area contributed by atoms with E-state index in [2.05, 4.69) is 91.0 Å². The molecule has 0 amide bonds. The number of benzene rings is 7. The van der Waals surface area contributed by atoms with Crippen molar-refractivity contribution in [3.05, 3.63) is 164 Å². The van der Waals surface area contributed by atoms with Gasteiger partial charge in [-0.2, -0.15) is 0 Å². The van der Waals surface area contributed by atoms with Crippen molar-refractivity contribution in [2.24, 2.45) is 0 Å². The van der Waals surface area contributed by atoms with E-state index in [0.717, 1.165) is 55.1 Å². The molecular weight excluding hydrogens is 574 g/mol. The molecule has 9 rings (SSSR count). The van der Waals surface area contributed by atoms with Crippen LogP contribution in [-0.2, 0) is 0 Å². The molecule has 0 aliphatic heterocycles. The lowest BCUT2D eigenvalue weighted by atomic mass is 9.88. The van der Waals surface area contributed by atoms with Crippen LogP contribution in [0, 0.1) is 0 Å². The van der Waals surface area contributed by atoms with Gasteiger partial charge in [-0.15, -0.1) is 0 Å². The summed E-state index contributed by atoms with van der Waals surface area (Å²) in [5, 5.41) is 4.35. The summed E-state index contributed by atoms with van der Waals surface area (Å²) in [5.41, 5.74) is 8.90. The van der Waals surface area contributed by atoms with Gasteiger partial charge < -0.3 is 4.42 Å². The monoisotopic (exact) mass is 601 g/mol. The summed E-state index contributed by atoms with van der Waals surface area (Å²) in [6.45, 7) is 0. The van der Waals surface area contributed by atoms with Crippen LogP contribution in [0.4, 0.5) is 0 Å². The van der Waals surface area contributed by atoms with Crippen LogP contribution in [0.3, 0.4) is 0 Å². The van der Waals surface area contributed by atoms with Gasteiger partial charge in [0.15, 0.2) is 17.5 Å². The van der Waals surface area contributed by atoms with E-state index in [0.29, 0.717) is 17.5 Å². The van der Waals surface area contributed by atoms with E-state index in [1.165, 1.54) is 16.5 Å². The molecule has 2 heterocycles. The minimum Gasteiger partial charge on any atom is -0.456 e. The Bertz CT molecular complexity index is 2500. The third-order valence-corrected chi connectivity index (χ3v) is 8.77. The highest BCUT2D eigenvalue weighted by Crippen LogP contribution is 2.45. The standard InChI is InChI=1S/C43H27N3O/c1-4-14-28(15-5-1)31-24-25-34(33-21-11-10-20-32(31)33)35-26-27-38-39(36-22-12-13-23-37(36)47-38)40(35)43-45-41(29-16-6-2-7-17-29)44-42(46-43)30-18-8-3-9-19-30/h1-27H. The summed E-state index contributed by atoms with van der Waals surface area (Å²) in [6, 6.07) is 56.3. The molecule has 4 heteroatoms. The van der Waals surface area contributed by atoms with Crippen LogP contribution in [0.2, 0.25) is 0 Å². The van der Waals surface area contributed by atoms with Crippen LogP contribution in [-0.4, -0.2) is 15.0 Å². The highest BCUT2D eigenvalue weighted by Gasteiger charge is 2.23. The predicted octanol–water partition coefficient (Wildman–Crippen LogP) is 11.3. The zero-order valence-corrected chi connectivity index (χ0v) is 25.3. The van der Waals surface area contributed by atoms with Crippen molar-refractivity contribution in [2.75, 3.05) is 0 Å². The number of furan rings is 1. The normalized spacial score (nSPS) is 11.4. The zero-order valence-electron chi connectivity index (χ0n) is 25.3. The van der Waals surface area contributed by atoms with Crippen molar-refractivity contribution in [1.29, 1.82) is 0 Å². The molecule has 0 saturated heterocycles. The van der Waals surface area contributed by atoms with Crippen molar-refractivity contribution in [3.63, 3.8) is 0 Å². The number of hydrogen-bond acceptors (Lipinski definition) is 4. The lowest BCUT2D eigenvalue weighted by Crippen LogP contribution is -2.01. The predicted molar refractivity (Wildman–Crippen MR) is 192 cm³/mol. The summed E-state index contributed by atoms with van der Waals surface area (Å²) in [6.07, 6.45) is 0. The molecule has 0 bridgehead atoms. The van der Waals surface area contributed by atoms with Crippen molar-refractivity contribution >= 4 is 32.7 Å². The summed E-state index contributed by atoms with van der Waals surface area (Å²) >= 11 is 0. The van der Waals surface area contributed by atoms with Crippen LogP contribution >= 0.6 is 0 Å². The molecule has 47 heavy (non-hydrogen) atoms. The van der Waals surface area contributed by atoms with Crippen molar-refractivity contribution < 1.29 is 4.42 Å². The van der Waals surface area contributed by atoms with Crippen LogP contribution in [0.15, 0.2) is 168 Å². The molecule has 0 aliphatic carbocycles. The van der Waals surface area contributed by atoms with Crippen LogP contribution in [0.1, 0.15) is 0 Å². The largest absolute Gasteiger partial charge is 0.456 e. The molecule has 0 aliphatic rings. The maximum absolute atomic E-state index is 6.43. The fraction of sp³-hybridized carbons (Fsp3) is 0. The molecule has 0 atom stereocenters. The Morgan fingerprint density at radius 2 is 0.787 bits per heavy atom. The average Bonchev–Trinajstić information content (AvgIpc) is 3.54. The Hall–Kier alpha value is -6.39. The molecule has 7 aromatic carbocycles. The summed E-state index contributed by atoms with van der Waals surface area (Å²) in [4.78, 5) is 15.4. The molecule has 4 nitrogen and oxygen atoms in total. The minimum absolute atomic E-state index is 0.598. The SMILES string of the molecule is c1ccc(-c2nc(-c3ccccc3)nc(-c3c(-c4ccc(-c5ccccc5)c5ccccc45)ccc4oc5ccccc5c34)n2)cc1. The van der Waals surface area contributed by atoms with E-state index in [1.807, 2.05) is 72.8 Å². The van der Waals surface area contributed by atoms with Crippen molar-refractivity contribution in [1.82, 2.24) is 15.0 Å². The molecular formula is C43H27N3O. The van der Waals surface area contributed by atoms with Gasteiger partial charge in [0.25, 0.3) is 0 Å². The highest BCUT2D eigenvalue weighted by molar-refractivity contribution is 6.17. The fourth-order valence-electron chi connectivity index (χ4n) is 6.60. The van der Waals surface area contributed by atoms with E-state index < -0.39 is 0 Å². The average molecular weight is 602 g/mol. The maximum atomic E-state index is 6.43. The second-order valence-corrected chi connectivity index (χ2v) is 11.6. The number of nitrogens with zero attached hydrogens (tertiary/aromatic N) is 3. The second kappa shape index (κ2) is 11.2. The lowest BCUT2D eigenvalue weighted by molar-refractivity contribution is 0.669. The zero-order chi connectivity index (χ0) is 31.2. The van der Waals surface area contributed by atoms with Gasteiger partial charge in [-0.3, -0.25) is 0 Å². The van der Waals surface area contributed by atoms with E-state index in [9.17, 15) is 0 Å². The van der Waals surface area contributed by atoms with E-state index >= 15 is 0 Å². The first-order valence-electron chi connectivity index (χ1n) is 15.7.